The van der Waals surface area contributed by atoms with Crippen molar-refractivity contribution < 1.29 is 13.2 Å². The number of ether oxygens (including phenoxy) is 1. The molecule has 1 aliphatic rings. The quantitative estimate of drug-likeness (QED) is 0.860. The van der Waals surface area contributed by atoms with Gasteiger partial charge in [0.2, 0.25) is 10.0 Å². The van der Waals surface area contributed by atoms with Crippen LogP contribution in [0.5, 0.6) is 5.75 Å². The molecule has 3 rings (SSSR count). The highest BCUT2D eigenvalue weighted by Gasteiger charge is 2.33. The maximum absolute atomic E-state index is 12.2. The van der Waals surface area contributed by atoms with Crippen LogP contribution in [0.15, 0.2) is 30.6 Å². The summed E-state index contributed by atoms with van der Waals surface area (Å²) in [4.78, 5) is 4.34. The third kappa shape index (κ3) is 3.59. The van der Waals surface area contributed by atoms with E-state index in [1.807, 2.05) is 18.2 Å². The van der Waals surface area contributed by atoms with Gasteiger partial charge in [0.05, 0.1) is 29.4 Å². The van der Waals surface area contributed by atoms with Crippen molar-refractivity contribution in [1.82, 2.24) is 19.5 Å². The van der Waals surface area contributed by atoms with Crippen LogP contribution in [-0.2, 0) is 10.0 Å². The zero-order valence-electron chi connectivity index (χ0n) is 13.8. The van der Waals surface area contributed by atoms with E-state index in [2.05, 4.69) is 15.2 Å². The van der Waals surface area contributed by atoms with Crippen LogP contribution >= 0.6 is 0 Å². The van der Waals surface area contributed by atoms with Crippen molar-refractivity contribution in [3.63, 3.8) is 0 Å². The molecule has 24 heavy (non-hydrogen) atoms. The summed E-state index contributed by atoms with van der Waals surface area (Å²) in [5, 5.41) is 6.38. The third-order valence-electron chi connectivity index (χ3n) is 4.20. The van der Waals surface area contributed by atoms with Crippen molar-refractivity contribution in [2.45, 2.75) is 25.5 Å². The van der Waals surface area contributed by atoms with Gasteiger partial charge in [-0.2, -0.15) is 5.10 Å². The van der Waals surface area contributed by atoms with E-state index in [0.717, 1.165) is 17.8 Å². The molecule has 0 radical (unpaired) electrons. The first kappa shape index (κ1) is 16.9. The molecule has 0 saturated carbocycles. The van der Waals surface area contributed by atoms with Crippen LogP contribution in [0.25, 0.3) is 11.4 Å². The Morgan fingerprint density at radius 2 is 2.21 bits per heavy atom. The van der Waals surface area contributed by atoms with Gasteiger partial charge in [-0.1, -0.05) is 0 Å². The molecular formula is C16H22N4O3S. The fraction of sp³-hybridized carbons (Fsp3) is 0.500. The zero-order chi connectivity index (χ0) is 17.2. The number of nitrogens with zero attached hydrogens (tertiary/aromatic N) is 3. The number of aromatic amines is 1. The van der Waals surface area contributed by atoms with Gasteiger partial charge < -0.3 is 4.74 Å². The van der Waals surface area contributed by atoms with Crippen molar-refractivity contribution in [3.8, 4) is 17.1 Å². The maximum atomic E-state index is 12.2. The van der Waals surface area contributed by atoms with Crippen LogP contribution in [0.1, 0.15) is 20.3 Å². The van der Waals surface area contributed by atoms with Crippen LogP contribution in [0.4, 0.5) is 0 Å². The molecule has 1 saturated heterocycles. The van der Waals surface area contributed by atoms with Gasteiger partial charge in [0.15, 0.2) is 0 Å². The first-order valence-corrected chi connectivity index (χ1v) is 9.54. The average molecular weight is 350 g/mol. The first-order valence-electron chi connectivity index (χ1n) is 8.04. The Morgan fingerprint density at radius 1 is 1.38 bits per heavy atom. The third-order valence-corrected chi connectivity index (χ3v) is 6.45. The Balaban J connectivity index is 1.54. The lowest BCUT2D eigenvalue weighted by Gasteiger charge is -2.19. The molecular weight excluding hydrogens is 328 g/mol. The van der Waals surface area contributed by atoms with Crippen molar-refractivity contribution in [1.29, 1.82) is 0 Å². The number of rotatable bonds is 6. The van der Waals surface area contributed by atoms with Gasteiger partial charge in [-0.15, -0.1) is 0 Å². The Hall–Kier alpha value is -1.93. The second kappa shape index (κ2) is 6.90. The second-order valence-corrected chi connectivity index (χ2v) is 8.76. The molecule has 1 atom stereocenters. The number of hydrogen-bond donors (Lipinski definition) is 1. The van der Waals surface area contributed by atoms with E-state index in [1.54, 1.807) is 30.5 Å². The molecule has 0 spiro atoms. The molecule has 2 aromatic heterocycles. The summed E-state index contributed by atoms with van der Waals surface area (Å²) in [6.45, 7) is 5.03. The number of H-pyrrole nitrogens is 1. The summed E-state index contributed by atoms with van der Waals surface area (Å²) in [5.74, 6) is 0.897. The largest absolute Gasteiger partial charge is 0.492 e. The van der Waals surface area contributed by atoms with Gasteiger partial charge in [-0.25, -0.2) is 12.7 Å². The molecule has 0 unspecified atom stereocenters. The smallest absolute Gasteiger partial charge is 0.216 e. The summed E-state index contributed by atoms with van der Waals surface area (Å²) in [5.41, 5.74) is 1.65. The molecule has 0 aromatic carbocycles. The summed E-state index contributed by atoms with van der Waals surface area (Å²) in [6.07, 6.45) is 4.18. The molecule has 130 valence electrons. The Morgan fingerprint density at radius 3 is 2.83 bits per heavy atom. The van der Waals surface area contributed by atoms with Gasteiger partial charge in [-0.3, -0.25) is 10.1 Å². The Labute approximate surface area is 142 Å². The van der Waals surface area contributed by atoms with Crippen LogP contribution in [0.2, 0.25) is 0 Å². The molecule has 0 bridgehead atoms. The molecule has 3 heterocycles. The summed E-state index contributed by atoms with van der Waals surface area (Å²) >= 11 is 0. The van der Waals surface area contributed by atoms with E-state index in [1.165, 1.54) is 0 Å². The van der Waals surface area contributed by atoms with E-state index >= 15 is 0 Å². The summed E-state index contributed by atoms with van der Waals surface area (Å²) in [6, 6.07) is 5.58. The highest BCUT2D eigenvalue weighted by atomic mass is 32.2. The molecule has 1 aliphatic heterocycles. The van der Waals surface area contributed by atoms with Gasteiger partial charge in [0, 0.05) is 25.2 Å². The Bertz CT molecular complexity index is 757. The maximum Gasteiger partial charge on any atom is 0.216 e. The molecule has 1 N–H and O–H groups in total. The highest BCUT2D eigenvalue weighted by molar-refractivity contribution is 7.89. The number of sulfonamides is 1. The fourth-order valence-electron chi connectivity index (χ4n) is 2.70. The van der Waals surface area contributed by atoms with Gasteiger partial charge in [0.25, 0.3) is 0 Å². The number of hydrogen-bond acceptors (Lipinski definition) is 5. The Kier molecular flexibility index (Phi) is 4.86. The zero-order valence-corrected chi connectivity index (χ0v) is 14.7. The van der Waals surface area contributed by atoms with E-state index in [0.29, 0.717) is 25.4 Å². The first-order chi connectivity index (χ1) is 11.5. The predicted molar refractivity (Wildman–Crippen MR) is 91.0 cm³/mol. The molecule has 1 fully saturated rings. The molecule has 2 aromatic rings. The van der Waals surface area contributed by atoms with Crippen molar-refractivity contribution >= 4 is 10.0 Å². The monoisotopic (exact) mass is 350 g/mol. The second-order valence-electron chi connectivity index (χ2n) is 6.27. The lowest BCUT2D eigenvalue weighted by molar-refractivity contribution is 0.254. The van der Waals surface area contributed by atoms with Crippen LogP contribution in [-0.4, -0.2) is 52.9 Å². The summed E-state index contributed by atoms with van der Waals surface area (Å²) < 4.78 is 31.7. The SMILES string of the molecule is CC(C)S(=O)(=O)N1CC[C@@H](COc2ccc(-c3ccn[nH]3)nc2)C1. The molecule has 7 nitrogen and oxygen atoms in total. The molecule has 0 amide bonds. The van der Waals surface area contributed by atoms with Crippen molar-refractivity contribution in [3.05, 3.63) is 30.6 Å². The van der Waals surface area contributed by atoms with E-state index in [-0.39, 0.29) is 11.2 Å². The van der Waals surface area contributed by atoms with Crippen LogP contribution < -0.4 is 4.74 Å². The normalized spacial score (nSPS) is 19.0. The average Bonchev–Trinajstić information content (AvgIpc) is 3.25. The van der Waals surface area contributed by atoms with E-state index in [4.69, 9.17) is 4.74 Å². The minimum atomic E-state index is -3.17. The minimum Gasteiger partial charge on any atom is -0.492 e. The molecule has 0 aliphatic carbocycles. The van der Waals surface area contributed by atoms with Gasteiger partial charge in [0.1, 0.15) is 5.75 Å². The van der Waals surface area contributed by atoms with Gasteiger partial charge >= 0.3 is 0 Å². The van der Waals surface area contributed by atoms with Crippen LogP contribution in [0.3, 0.4) is 0 Å². The predicted octanol–water partition coefficient (Wildman–Crippen LogP) is 1.91. The van der Waals surface area contributed by atoms with E-state index < -0.39 is 10.0 Å². The van der Waals surface area contributed by atoms with Crippen molar-refractivity contribution in [2.75, 3.05) is 19.7 Å². The molecule has 8 heteroatoms. The fourth-order valence-corrected chi connectivity index (χ4v) is 4.07. The number of pyridine rings is 1. The van der Waals surface area contributed by atoms with E-state index in [9.17, 15) is 8.42 Å². The number of nitrogens with one attached hydrogen (secondary N) is 1. The van der Waals surface area contributed by atoms with Crippen LogP contribution in [0, 0.1) is 5.92 Å². The van der Waals surface area contributed by atoms with Crippen molar-refractivity contribution in [2.24, 2.45) is 5.92 Å². The standard InChI is InChI=1S/C16H22N4O3S/c1-12(2)24(21,22)20-8-6-13(10-20)11-23-14-3-4-15(17-9-14)16-5-7-18-19-16/h3-5,7,9,12-13H,6,8,10-11H2,1-2H3,(H,18,19)/t13-/m1/s1. The summed E-state index contributed by atoms with van der Waals surface area (Å²) in [7, 11) is -3.17. The highest BCUT2D eigenvalue weighted by Crippen LogP contribution is 2.23. The lowest BCUT2D eigenvalue weighted by Crippen LogP contribution is -2.35. The topological polar surface area (TPSA) is 88.2 Å². The number of aromatic nitrogens is 3. The minimum absolute atomic E-state index is 0.214. The lowest BCUT2D eigenvalue weighted by atomic mass is 10.1. The van der Waals surface area contributed by atoms with Gasteiger partial charge in [-0.05, 0) is 38.5 Å².